The molecular weight excluding hydrogens is 120 g/mol. The van der Waals surface area contributed by atoms with Gasteiger partial charge in [0.05, 0.1) is 0 Å². The van der Waals surface area contributed by atoms with E-state index in [1.807, 2.05) is 6.08 Å². The Morgan fingerprint density at radius 1 is 1.40 bits per heavy atom. The van der Waals surface area contributed by atoms with Crippen LogP contribution in [0.5, 0.6) is 0 Å². The van der Waals surface area contributed by atoms with Crippen molar-refractivity contribution in [2.75, 3.05) is 0 Å². The molecule has 0 amide bonds. The third-order valence-electron chi connectivity index (χ3n) is 1.48. The largest absolute Gasteiger partial charge is 0.0985 e. The van der Waals surface area contributed by atoms with E-state index < -0.39 is 0 Å². The first kappa shape index (κ1) is 9.22. The lowest BCUT2D eigenvalue weighted by Gasteiger charge is -2.01. The molecule has 0 nitrogen and oxygen atoms in total. The van der Waals surface area contributed by atoms with Gasteiger partial charge in [0.1, 0.15) is 0 Å². The van der Waals surface area contributed by atoms with Gasteiger partial charge < -0.3 is 0 Å². The van der Waals surface area contributed by atoms with Crippen LogP contribution in [0.1, 0.15) is 26.7 Å². The average molecular weight is 136 g/mol. The predicted molar refractivity (Wildman–Crippen MR) is 48.0 cm³/mol. The lowest BCUT2D eigenvalue weighted by Crippen LogP contribution is -1.81. The van der Waals surface area contributed by atoms with Crippen LogP contribution in [0, 0.1) is 0 Å². The molecule has 0 saturated carbocycles. The molecule has 0 aliphatic heterocycles. The van der Waals surface area contributed by atoms with E-state index in [4.69, 9.17) is 0 Å². The SMILES string of the molecule is C=C/C(=C\CC)C(=C)CC. The Kier molecular flexibility index (Phi) is 4.65. The predicted octanol–water partition coefficient (Wildman–Crippen LogP) is 3.48. The molecule has 0 aliphatic rings. The van der Waals surface area contributed by atoms with Gasteiger partial charge in [0.15, 0.2) is 0 Å². The molecule has 0 aromatic carbocycles. The monoisotopic (exact) mass is 136 g/mol. The standard InChI is InChI=1S/C10H16/c1-5-8-10(7-3)9(4)6-2/h7-8H,3-6H2,1-2H3/b10-8+. The highest BCUT2D eigenvalue weighted by molar-refractivity contribution is 5.36. The van der Waals surface area contributed by atoms with Crippen LogP contribution < -0.4 is 0 Å². The fourth-order valence-corrected chi connectivity index (χ4v) is 0.796. The van der Waals surface area contributed by atoms with E-state index in [0.29, 0.717) is 0 Å². The Morgan fingerprint density at radius 3 is 2.30 bits per heavy atom. The summed E-state index contributed by atoms with van der Waals surface area (Å²) in [5.74, 6) is 0. The van der Waals surface area contributed by atoms with Gasteiger partial charge in [0.25, 0.3) is 0 Å². The molecule has 0 atom stereocenters. The minimum Gasteiger partial charge on any atom is -0.0985 e. The van der Waals surface area contributed by atoms with Gasteiger partial charge in [-0.1, -0.05) is 39.2 Å². The molecule has 0 rings (SSSR count). The second-order valence-corrected chi connectivity index (χ2v) is 2.23. The maximum absolute atomic E-state index is 3.92. The van der Waals surface area contributed by atoms with Gasteiger partial charge >= 0.3 is 0 Å². The summed E-state index contributed by atoms with van der Waals surface area (Å²) in [6, 6.07) is 0. The molecule has 0 unspecified atom stereocenters. The third kappa shape index (κ3) is 2.67. The Bertz CT molecular complexity index is 149. The van der Waals surface area contributed by atoms with Crippen LogP contribution in [0.15, 0.2) is 36.5 Å². The van der Waals surface area contributed by atoms with Crippen molar-refractivity contribution in [3.05, 3.63) is 36.5 Å². The minimum atomic E-state index is 1.01. The van der Waals surface area contributed by atoms with E-state index in [1.165, 1.54) is 11.1 Å². The number of hydrogen-bond donors (Lipinski definition) is 0. The van der Waals surface area contributed by atoms with Crippen LogP contribution in [-0.2, 0) is 0 Å². The molecule has 0 radical (unpaired) electrons. The maximum Gasteiger partial charge on any atom is -0.0277 e. The molecule has 0 aromatic heterocycles. The molecule has 0 aromatic rings. The van der Waals surface area contributed by atoms with Gasteiger partial charge in [-0.25, -0.2) is 0 Å². The first-order valence-corrected chi connectivity index (χ1v) is 3.77. The van der Waals surface area contributed by atoms with Crippen LogP contribution in [-0.4, -0.2) is 0 Å². The van der Waals surface area contributed by atoms with Gasteiger partial charge in [-0.05, 0) is 24.0 Å². The van der Waals surface area contributed by atoms with Crippen LogP contribution in [0.3, 0.4) is 0 Å². The lowest BCUT2D eigenvalue weighted by atomic mass is 10.1. The molecule has 0 aliphatic carbocycles. The summed E-state index contributed by atoms with van der Waals surface area (Å²) in [5.41, 5.74) is 2.38. The van der Waals surface area contributed by atoms with Gasteiger partial charge in [-0.2, -0.15) is 0 Å². The van der Waals surface area contributed by atoms with Crippen molar-refractivity contribution >= 4 is 0 Å². The highest BCUT2D eigenvalue weighted by atomic mass is 14.0. The Labute approximate surface area is 64.0 Å². The summed E-state index contributed by atoms with van der Waals surface area (Å²) >= 11 is 0. The van der Waals surface area contributed by atoms with Gasteiger partial charge in [-0.15, -0.1) is 0 Å². The maximum atomic E-state index is 3.92. The van der Waals surface area contributed by atoms with Crippen molar-refractivity contribution in [2.24, 2.45) is 0 Å². The zero-order chi connectivity index (χ0) is 7.98. The highest BCUT2D eigenvalue weighted by Gasteiger charge is 1.92. The molecule has 0 fully saturated rings. The smallest absolute Gasteiger partial charge is 0.0277 e. The summed E-state index contributed by atoms with van der Waals surface area (Å²) in [6.07, 6.45) is 6.09. The summed E-state index contributed by atoms with van der Waals surface area (Å²) < 4.78 is 0. The Hall–Kier alpha value is -0.780. The lowest BCUT2D eigenvalue weighted by molar-refractivity contribution is 1.11. The summed E-state index contributed by atoms with van der Waals surface area (Å²) in [6.45, 7) is 11.9. The molecule has 0 heteroatoms. The van der Waals surface area contributed by atoms with E-state index in [0.717, 1.165) is 12.8 Å². The number of rotatable bonds is 4. The fraction of sp³-hybridized carbons (Fsp3) is 0.400. The molecule has 0 saturated heterocycles. The minimum absolute atomic E-state index is 1.01. The highest BCUT2D eigenvalue weighted by Crippen LogP contribution is 2.12. The molecule has 0 heterocycles. The Morgan fingerprint density at radius 2 is 2.00 bits per heavy atom. The van der Waals surface area contributed by atoms with E-state index in [-0.39, 0.29) is 0 Å². The molecule has 0 spiro atoms. The first-order valence-electron chi connectivity index (χ1n) is 3.77. The summed E-state index contributed by atoms with van der Waals surface area (Å²) in [7, 11) is 0. The number of hydrogen-bond acceptors (Lipinski definition) is 0. The van der Waals surface area contributed by atoms with E-state index in [2.05, 4.69) is 33.1 Å². The second kappa shape index (κ2) is 5.04. The second-order valence-electron chi connectivity index (χ2n) is 2.23. The van der Waals surface area contributed by atoms with Gasteiger partial charge in [0, 0.05) is 0 Å². The van der Waals surface area contributed by atoms with E-state index in [1.54, 1.807) is 0 Å². The molecular formula is C10H16. The third-order valence-corrected chi connectivity index (χ3v) is 1.48. The van der Waals surface area contributed by atoms with Crippen molar-refractivity contribution in [3.63, 3.8) is 0 Å². The van der Waals surface area contributed by atoms with Crippen LogP contribution in [0.25, 0.3) is 0 Å². The molecule has 56 valence electrons. The fourth-order valence-electron chi connectivity index (χ4n) is 0.796. The van der Waals surface area contributed by atoms with Gasteiger partial charge in [-0.3, -0.25) is 0 Å². The molecule has 0 N–H and O–H groups in total. The topological polar surface area (TPSA) is 0 Å². The summed E-state index contributed by atoms with van der Waals surface area (Å²) in [4.78, 5) is 0. The van der Waals surface area contributed by atoms with Crippen molar-refractivity contribution in [1.82, 2.24) is 0 Å². The van der Waals surface area contributed by atoms with Crippen molar-refractivity contribution < 1.29 is 0 Å². The quantitative estimate of drug-likeness (QED) is 0.519. The summed E-state index contributed by atoms with van der Waals surface area (Å²) in [5, 5.41) is 0. The van der Waals surface area contributed by atoms with Crippen molar-refractivity contribution in [2.45, 2.75) is 26.7 Å². The van der Waals surface area contributed by atoms with Crippen LogP contribution in [0.2, 0.25) is 0 Å². The molecule has 10 heavy (non-hydrogen) atoms. The van der Waals surface area contributed by atoms with Gasteiger partial charge in [0.2, 0.25) is 0 Å². The zero-order valence-electron chi connectivity index (χ0n) is 6.98. The first-order chi connectivity index (χ1) is 4.76. The van der Waals surface area contributed by atoms with Crippen LogP contribution >= 0.6 is 0 Å². The Balaban J connectivity index is 4.20. The van der Waals surface area contributed by atoms with Crippen LogP contribution in [0.4, 0.5) is 0 Å². The van der Waals surface area contributed by atoms with E-state index in [9.17, 15) is 0 Å². The van der Waals surface area contributed by atoms with Crippen molar-refractivity contribution in [1.29, 1.82) is 0 Å². The van der Waals surface area contributed by atoms with E-state index >= 15 is 0 Å². The van der Waals surface area contributed by atoms with Crippen molar-refractivity contribution in [3.8, 4) is 0 Å². The normalized spacial score (nSPS) is 11.2. The zero-order valence-corrected chi connectivity index (χ0v) is 6.98. The number of allylic oxidation sites excluding steroid dienone is 4. The molecule has 0 bridgehead atoms. The average Bonchev–Trinajstić information content (AvgIpc) is 1.99.